The predicted octanol–water partition coefficient (Wildman–Crippen LogP) is 3.42. The molecule has 0 aromatic carbocycles. The van der Waals surface area contributed by atoms with E-state index >= 15 is 0 Å². The third kappa shape index (κ3) is 1.73. The molecule has 0 radical (unpaired) electrons. The minimum absolute atomic E-state index is 0. The summed E-state index contributed by atoms with van der Waals surface area (Å²) in [7, 11) is 0. The molecule has 0 aliphatic heterocycles. The average Bonchev–Trinajstić information content (AvgIpc) is 1.88. The molecule has 0 saturated carbocycles. The van der Waals surface area contributed by atoms with E-state index in [-0.39, 0.29) is 1.43 Å². The normalized spacial score (nSPS) is 25.8. The van der Waals surface area contributed by atoms with Gasteiger partial charge < -0.3 is 0 Å². The lowest BCUT2D eigenvalue weighted by Crippen LogP contribution is -2.04. The van der Waals surface area contributed by atoms with Crippen molar-refractivity contribution >= 4 is 0 Å². The van der Waals surface area contributed by atoms with E-state index < -0.39 is 0 Å². The fraction of sp³-hybridized carbons (Fsp3) is 0.600. The van der Waals surface area contributed by atoms with Gasteiger partial charge in [-0.1, -0.05) is 23.8 Å². The van der Waals surface area contributed by atoms with Gasteiger partial charge in [0.25, 0.3) is 0 Å². The maximum absolute atomic E-state index is 3.97. The molecule has 0 saturated heterocycles. The molecule has 0 aromatic rings. The lowest BCUT2D eigenvalue weighted by molar-refractivity contribution is 0.540. The molecule has 10 heavy (non-hydrogen) atoms. The smallest absolute Gasteiger partial charge is 0.0998 e. The molecule has 0 N–H and O–H groups in total. The van der Waals surface area contributed by atoms with Crippen molar-refractivity contribution in [1.29, 1.82) is 0 Å². The maximum atomic E-state index is 3.97. The summed E-state index contributed by atoms with van der Waals surface area (Å²) in [5, 5.41) is 0. The van der Waals surface area contributed by atoms with E-state index in [2.05, 4.69) is 26.5 Å². The van der Waals surface area contributed by atoms with E-state index in [9.17, 15) is 0 Å². The van der Waals surface area contributed by atoms with Gasteiger partial charge in [0.05, 0.1) is 0 Å². The van der Waals surface area contributed by atoms with Crippen molar-refractivity contribution in [3.63, 3.8) is 0 Å². The predicted molar refractivity (Wildman–Crippen MR) is 47.0 cm³/mol. The zero-order valence-corrected chi connectivity index (χ0v) is 6.98. The summed E-state index contributed by atoms with van der Waals surface area (Å²) in [6, 6.07) is 0. The second-order valence-electron chi connectivity index (χ2n) is 3.37. The standard InChI is InChI=1S/C10H16/c1-8(2)10-6-4-9(3)5-7-10/h4,10H,1,5-7H2,2-3H3/p+1. The summed E-state index contributed by atoms with van der Waals surface area (Å²) in [6.07, 6.45) is 6.17. The molecule has 0 heteroatoms. The van der Waals surface area contributed by atoms with Crippen LogP contribution in [-0.4, -0.2) is 0 Å². The molecule has 1 atom stereocenters. The number of hydrogen-bond acceptors (Lipinski definition) is 0. The monoisotopic (exact) mass is 137 g/mol. The van der Waals surface area contributed by atoms with Crippen LogP contribution in [0.4, 0.5) is 0 Å². The first-order chi connectivity index (χ1) is 4.70. The molecule has 1 unspecified atom stereocenters. The van der Waals surface area contributed by atoms with Crippen LogP contribution in [0, 0.1) is 5.92 Å². The van der Waals surface area contributed by atoms with Crippen molar-refractivity contribution in [2.75, 3.05) is 0 Å². The zero-order valence-electron chi connectivity index (χ0n) is 7.98. The SMILES string of the molecule is C=C(C)C1CC=C(C)CC1.[H+]. The van der Waals surface area contributed by atoms with Gasteiger partial charge in [-0.3, -0.25) is 0 Å². The summed E-state index contributed by atoms with van der Waals surface area (Å²) in [4.78, 5) is 0. The van der Waals surface area contributed by atoms with E-state index in [0.717, 1.165) is 5.92 Å². The maximum Gasteiger partial charge on any atom is 1.00 e. The van der Waals surface area contributed by atoms with Gasteiger partial charge in [0, 0.05) is 0 Å². The third-order valence-electron chi connectivity index (χ3n) is 2.33. The highest BCUT2D eigenvalue weighted by Crippen LogP contribution is 2.27. The summed E-state index contributed by atoms with van der Waals surface area (Å²) in [5.41, 5.74) is 2.90. The van der Waals surface area contributed by atoms with Crippen LogP contribution in [-0.2, 0) is 0 Å². The van der Waals surface area contributed by atoms with Crippen LogP contribution in [0.5, 0.6) is 0 Å². The molecular formula is C10H17+. The summed E-state index contributed by atoms with van der Waals surface area (Å²) in [5.74, 6) is 0.767. The Hall–Kier alpha value is -0.520. The second kappa shape index (κ2) is 3.05. The molecule has 0 heterocycles. The Bertz CT molecular complexity index is 168. The quantitative estimate of drug-likeness (QED) is 0.486. The van der Waals surface area contributed by atoms with Crippen molar-refractivity contribution in [1.82, 2.24) is 0 Å². The van der Waals surface area contributed by atoms with Gasteiger partial charge in [0.1, 0.15) is 0 Å². The molecule has 0 aromatic heterocycles. The largest absolute Gasteiger partial charge is 1.00 e. The van der Waals surface area contributed by atoms with Crippen LogP contribution >= 0.6 is 0 Å². The number of hydrogen-bond donors (Lipinski definition) is 0. The summed E-state index contributed by atoms with van der Waals surface area (Å²) < 4.78 is 0. The van der Waals surface area contributed by atoms with Crippen molar-refractivity contribution < 1.29 is 1.43 Å². The Labute approximate surface area is 65.1 Å². The van der Waals surface area contributed by atoms with Crippen LogP contribution in [0.25, 0.3) is 0 Å². The first-order valence-corrected chi connectivity index (χ1v) is 4.01. The first-order valence-electron chi connectivity index (χ1n) is 4.01. The highest BCUT2D eigenvalue weighted by atomic mass is 14.2. The lowest BCUT2D eigenvalue weighted by Gasteiger charge is -2.19. The molecule has 0 fully saturated rings. The van der Waals surface area contributed by atoms with Crippen molar-refractivity contribution in [3.8, 4) is 0 Å². The number of rotatable bonds is 1. The molecule has 1 rings (SSSR count). The average molecular weight is 137 g/mol. The van der Waals surface area contributed by atoms with Gasteiger partial charge in [0.2, 0.25) is 0 Å². The Morgan fingerprint density at radius 1 is 1.80 bits per heavy atom. The molecule has 0 spiro atoms. The van der Waals surface area contributed by atoms with Crippen molar-refractivity contribution in [2.45, 2.75) is 33.1 Å². The van der Waals surface area contributed by atoms with E-state index in [1.54, 1.807) is 5.57 Å². The van der Waals surface area contributed by atoms with Gasteiger partial charge in [0.15, 0.2) is 0 Å². The summed E-state index contributed by atoms with van der Waals surface area (Å²) in [6.45, 7) is 8.33. The van der Waals surface area contributed by atoms with Crippen LogP contribution < -0.4 is 0 Å². The Morgan fingerprint density at radius 2 is 2.50 bits per heavy atom. The summed E-state index contributed by atoms with van der Waals surface area (Å²) >= 11 is 0. The fourth-order valence-corrected chi connectivity index (χ4v) is 1.41. The molecule has 1 aliphatic rings. The van der Waals surface area contributed by atoms with E-state index in [1.165, 1.54) is 24.8 Å². The lowest BCUT2D eigenvalue weighted by atomic mass is 9.86. The van der Waals surface area contributed by atoms with E-state index in [1.807, 2.05) is 0 Å². The molecule has 0 bridgehead atoms. The van der Waals surface area contributed by atoms with Gasteiger partial charge in [-0.15, -0.1) is 0 Å². The third-order valence-corrected chi connectivity index (χ3v) is 2.33. The highest BCUT2D eigenvalue weighted by Gasteiger charge is 2.11. The fourth-order valence-electron chi connectivity index (χ4n) is 1.41. The molecule has 0 amide bonds. The van der Waals surface area contributed by atoms with Crippen LogP contribution in [0.15, 0.2) is 23.8 Å². The van der Waals surface area contributed by atoms with E-state index in [0.29, 0.717) is 0 Å². The molecule has 0 nitrogen and oxygen atoms in total. The molecule has 1 aliphatic carbocycles. The second-order valence-corrected chi connectivity index (χ2v) is 3.37. The first kappa shape index (κ1) is 7.59. The Kier molecular flexibility index (Phi) is 2.31. The topological polar surface area (TPSA) is 0 Å². The van der Waals surface area contributed by atoms with Gasteiger partial charge in [-0.2, -0.15) is 0 Å². The minimum Gasteiger partial charge on any atom is -0.0998 e. The highest BCUT2D eigenvalue weighted by molar-refractivity contribution is 5.09. The van der Waals surface area contributed by atoms with Crippen LogP contribution in [0.2, 0.25) is 0 Å². The Balaban J connectivity index is 0.000001000. The van der Waals surface area contributed by atoms with Crippen LogP contribution in [0.1, 0.15) is 34.5 Å². The van der Waals surface area contributed by atoms with E-state index in [4.69, 9.17) is 0 Å². The minimum atomic E-state index is 0. The van der Waals surface area contributed by atoms with Crippen molar-refractivity contribution in [2.24, 2.45) is 5.92 Å². The van der Waals surface area contributed by atoms with Gasteiger partial charge in [-0.05, 0) is 39.0 Å². The molecule has 56 valence electrons. The molecular weight excluding hydrogens is 120 g/mol. The number of allylic oxidation sites excluding steroid dienone is 3. The Morgan fingerprint density at radius 3 is 2.90 bits per heavy atom. The van der Waals surface area contributed by atoms with Gasteiger partial charge >= 0.3 is 1.43 Å². The zero-order chi connectivity index (χ0) is 7.56. The van der Waals surface area contributed by atoms with Crippen molar-refractivity contribution in [3.05, 3.63) is 23.8 Å². The van der Waals surface area contributed by atoms with Crippen LogP contribution in [0.3, 0.4) is 0 Å². The van der Waals surface area contributed by atoms with Gasteiger partial charge in [-0.25, -0.2) is 0 Å².